The van der Waals surface area contributed by atoms with Gasteiger partial charge in [0, 0.05) is 11.8 Å². The van der Waals surface area contributed by atoms with Crippen LogP contribution in [0.2, 0.25) is 0 Å². The topological polar surface area (TPSA) is 41.8 Å². The number of ether oxygens (including phenoxy) is 1. The molecule has 0 unspecified atom stereocenters. The molecule has 0 aliphatic rings. The van der Waals surface area contributed by atoms with Crippen molar-refractivity contribution in [3.8, 4) is 11.5 Å². The molecule has 2 aromatic carbocycles. The minimum absolute atomic E-state index is 0.255. The third-order valence-electron chi connectivity index (χ3n) is 3.53. The zero-order valence-electron chi connectivity index (χ0n) is 13.6. The van der Waals surface area contributed by atoms with Gasteiger partial charge in [0.15, 0.2) is 0 Å². The minimum atomic E-state index is 0.255. The maximum Gasteiger partial charge on any atom is 0.128 e. The van der Waals surface area contributed by atoms with E-state index in [4.69, 9.17) is 4.74 Å². The Bertz CT molecular complexity index is 675. The van der Waals surface area contributed by atoms with E-state index in [0.29, 0.717) is 12.4 Å². The number of hydrogen-bond acceptors (Lipinski definition) is 3. The fraction of sp³-hybridized carbons (Fsp3) is 0.316. The van der Waals surface area contributed by atoms with Gasteiger partial charge in [-0.1, -0.05) is 26.0 Å². The zero-order chi connectivity index (χ0) is 16.1. The lowest BCUT2D eigenvalue weighted by atomic mass is 9.99. The molecule has 0 heterocycles. The number of para-hydroxylation sites is 1. The molecule has 2 rings (SSSR count). The van der Waals surface area contributed by atoms with Crippen LogP contribution in [-0.4, -0.2) is 17.9 Å². The summed E-state index contributed by atoms with van der Waals surface area (Å²) in [5, 5.41) is 10.0. The van der Waals surface area contributed by atoms with Crippen LogP contribution in [0.25, 0.3) is 0 Å². The average molecular weight is 297 g/mol. The number of aryl methyl sites for hydroxylation is 1. The van der Waals surface area contributed by atoms with Gasteiger partial charge >= 0.3 is 0 Å². The van der Waals surface area contributed by atoms with Gasteiger partial charge in [-0.05, 0) is 55.2 Å². The second kappa shape index (κ2) is 7.12. The minimum Gasteiger partial charge on any atom is -0.508 e. The van der Waals surface area contributed by atoms with Gasteiger partial charge in [0.25, 0.3) is 0 Å². The Morgan fingerprint density at radius 3 is 2.64 bits per heavy atom. The van der Waals surface area contributed by atoms with Crippen molar-refractivity contribution in [1.82, 2.24) is 0 Å². The summed E-state index contributed by atoms with van der Waals surface area (Å²) in [6, 6.07) is 11.6. The standard InChI is InChI=1S/C19H23NO2/c1-5-22-19-9-7-6-8-15(19)12-20-17-11-16(13(2)3)18(21)10-14(17)4/h6-13,21H,5H2,1-4H3. The molecular formula is C19H23NO2. The fourth-order valence-corrected chi connectivity index (χ4v) is 2.31. The van der Waals surface area contributed by atoms with Crippen molar-refractivity contribution in [3.63, 3.8) is 0 Å². The summed E-state index contributed by atoms with van der Waals surface area (Å²) in [6.45, 7) is 8.66. The number of rotatable bonds is 5. The number of phenolic OH excluding ortho intramolecular Hbond substituents is 1. The lowest BCUT2D eigenvalue weighted by molar-refractivity contribution is 0.340. The molecule has 3 heteroatoms. The first-order valence-corrected chi connectivity index (χ1v) is 7.62. The predicted octanol–water partition coefficient (Wildman–Crippen LogP) is 4.97. The molecule has 116 valence electrons. The summed E-state index contributed by atoms with van der Waals surface area (Å²) in [4.78, 5) is 4.59. The Labute approximate surface area is 132 Å². The molecule has 3 nitrogen and oxygen atoms in total. The Morgan fingerprint density at radius 2 is 1.95 bits per heavy atom. The highest BCUT2D eigenvalue weighted by molar-refractivity contribution is 5.85. The van der Waals surface area contributed by atoms with E-state index >= 15 is 0 Å². The van der Waals surface area contributed by atoms with Crippen molar-refractivity contribution in [2.24, 2.45) is 4.99 Å². The highest BCUT2D eigenvalue weighted by Gasteiger charge is 2.09. The first-order chi connectivity index (χ1) is 10.5. The zero-order valence-corrected chi connectivity index (χ0v) is 13.6. The average Bonchev–Trinajstić information content (AvgIpc) is 2.47. The predicted molar refractivity (Wildman–Crippen MR) is 91.8 cm³/mol. The summed E-state index contributed by atoms with van der Waals surface area (Å²) in [6.07, 6.45) is 1.81. The Morgan fingerprint density at radius 1 is 1.23 bits per heavy atom. The summed E-state index contributed by atoms with van der Waals surface area (Å²) in [7, 11) is 0. The van der Waals surface area contributed by atoms with Gasteiger partial charge in [-0.25, -0.2) is 0 Å². The quantitative estimate of drug-likeness (QED) is 0.791. The lowest BCUT2D eigenvalue weighted by Gasteiger charge is -2.11. The van der Waals surface area contributed by atoms with Crippen molar-refractivity contribution in [2.45, 2.75) is 33.6 Å². The number of hydrogen-bond donors (Lipinski definition) is 1. The molecule has 0 aliphatic carbocycles. The summed E-state index contributed by atoms with van der Waals surface area (Å²) >= 11 is 0. The van der Waals surface area contributed by atoms with Gasteiger partial charge in [0.2, 0.25) is 0 Å². The Balaban J connectivity index is 2.36. The molecule has 0 saturated heterocycles. The van der Waals surface area contributed by atoms with Crippen LogP contribution in [-0.2, 0) is 0 Å². The highest BCUT2D eigenvalue weighted by atomic mass is 16.5. The first kappa shape index (κ1) is 16.1. The van der Waals surface area contributed by atoms with E-state index in [9.17, 15) is 5.11 Å². The Hall–Kier alpha value is -2.29. The summed E-state index contributed by atoms with van der Waals surface area (Å²) < 4.78 is 5.61. The maximum atomic E-state index is 10.0. The third-order valence-corrected chi connectivity index (χ3v) is 3.53. The second-order valence-corrected chi connectivity index (χ2v) is 5.58. The van der Waals surface area contributed by atoms with Crippen LogP contribution in [0.5, 0.6) is 11.5 Å². The van der Waals surface area contributed by atoms with Crippen molar-refractivity contribution in [1.29, 1.82) is 0 Å². The van der Waals surface area contributed by atoms with Crippen LogP contribution in [0.15, 0.2) is 41.4 Å². The van der Waals surface area contributed by atoms with E-state index < -0.39 is 0 Å². The molecule has 22 heavy (non-hydrogen) atoms. The van der Waals surface area contributed by atoms with Crippen LogP contribution >= 0.6 is 0 Å². The molecule has 0 amide bonds. The highest BCUT2D eigenvalue weighted by Crippen LogP contribution is 2.32. The van der Waals surface area contributed by atoms with Crippen LogP contribution in [0.1, 0.15) is 43.4 Å². The molecule has 0 spiro atoms. The van der Waals surface area contributed by atoms with E-state index in [1.165, 1.54) is 0 Å². The van der Waals surface area contributed by atoms with Gasteiger partial charge in [0.1, 0.15) is 11.5 Å². The summed E-state index contributed by atoms with van der Waals surface area (Å²) in [5.74, 6) is 1.42. The Kier molecular flexibility index (Phi) is 5.21. The molecular weight excluding hydrogens is 274 g/mol. The van der Waals surface area contributed by atoms with Crippen LogP contribution in [0, 0.1) is 6.92 Å². The van der Waals surface area contributed by atoms with E-state index in [2.05, 4.69) is 18.8 Å². The van der Waals surface area contributed by atoms with Gasteiger partial charge in [-0.15, -0.1) is 0 Å². The van der Waals surface area contributed by atoms with Gasteiger partial charge in [0.05, 0.1) is 12.3 Å². The van der Waals surface area contributed by atoms with Gasteiger partial charge in [-0.2, -0.15) is 0 Å². The van der Waals surface area contributed by atoms with Crippen molar-refractivity contribution in [3.05, 3.63) is 53.1 Å². The number of nitrogens with zero attached hydrogens (tertiary/aromatic N) is 1. The van der Waals surface area contributed by atoms with Crippen molar-refractivity contribution < 1.29 is 9.84 Å². The smallest absolute Gasteiger partial charge is 0.128 e. The van der Waals surface area contributed by atoms with E-state index in [1.54, 1.807) is 6.07 Å². The second-order valence-electron chi connectivity index (χ2n) is 5.58. The normalized spacial score (nSPS) is 11.3. The number of aliphatic imine (C=N–C) groups is 1. The number of benzene rings is 2. The van der Waals surface area contributed by atoms with E-state index in [1.807, 2.05) is 50.4 Å². The lowest BCUT2D eigenvalue weighted by Crippen LogP contribution is -1.95. The molecule has 0 radical (unpaired) electrons. The molecule has 0 saturated carbocycles. The molecule has 0 aliphatic heterocycles. The molecule has 0 fully saturated rings. The number of aromatic hydroxyl groups is 1. The molecule has 0 bridgehead atoms. The van der Waals surface area contributed by atoms with Crippen LogP contribution in [0.4, 0.5) is 5.69 Å². The van der Waals surface area contributed by atoms with Crippen molar-refractivity contribution in [2.75, 3.05) is 6.61 Å². The van der Waals surface area contributed by atoms with E-state index in [0.717, 1.165) is 28.1 Å². The first-order valence-electron chi connectivity index (χ1n) is 7.62. The molecule has 0 atom stereocenters. The van der Waals surface area contributed by atoms with Gasteiger partial charge < -0.3 is 9.84 Å². The molecule has 1 N–H and O–H groups in total. The maximum absolute atomic E-state index is 10.0. The van der Waals surface area contributed by atoms with Gasteiger partial charge in [-0.3, -0.25) is 4.99 Å². The van der Waals surface area contributed by atoms with Crippen LogP contribution < -0.4 is 4.74 Å². The summed E-state index contributed by atoms with van der Waals surface area (Å²) in [5.41, 5.74) is 3.68. The molecule has 0 aromatic heterocycles. The molecule has 2 aromatic rings. The third kappa shape index (κ3) is 3.67. The largest absolute Gasteiger partial charge is 0.508 e. The SMILES string of the molecule is CCOc1ccccc1C=Nc1cc(C(C)C)c(O)cc1C. The van der Waals surface area contributed by atoms with E-state index in [-0.39, 0.29) is 5.92 Å². The number of phenols is 1. The monoisotopic (exact) mass is 297 g/mol. The van der Waals surface area contributed by atoms with Crippen molar-refractivity contribution >= 4 is 11.9 Å². The fourth-order valence-electron chi connectivity index (χ4n) is 2.31. The van der Waals surface area contributed by atoms with Crippen LogP contribution in [0.3, 0.4) is 0 Å².